The summed E-state index contributed by atoms with van der Waals surface area (Å²) in [6, 6.07) is 4.66. The van der Waals surface area contributed by atoms with Gasteiger partial charge in [-0.3, -0.25) is 9.59 Å². The summed E-state index contributed by atoms with van der Waals surface area (Å²) < 4.78 is 0. The van der Waals surface area contributed by atoms with Crippen LogP contribution in [0.4, 0.5) is 5.69 Å². The van der Waals surface area contributed by atoms with Gasteiger partial charge in [0.1, 0.15) is 5.69 Å². The molecule has 1 fully saturated rings. The van der Waals surface area contributed by atoms with Crippen molar-refractivity contribution in [3.63, 3.8) is 0 Å². The van der Waals surface area contributed by atoms with Crippen LogP contribution in [0.3, 0.4) is 0 Å². The van der Waals surface area contributed by atoms with Crippen molar-refractivity contribution < 1.29 is 19.5 Å². The van der Waals surface area contributed by atoms with Crippen LogP contribution in [0.1, 0.15) is 50.6 Å². The smallest absolute Gasteiger partial charge is 0.356 e. The van der Waals surface area contributed by atoms with Crippen molar-refractivity contribution in [2.24, 2.45) is 0 Å². The van der Waals surface area contributed by atoms with Crippen molar-refractivity contribution in [1.82, 2.24) is 14.9 Å². The first-order valence-corrected chi connectivity index (χ1v) is 8.79. The highest BCUT2D eigenvalue weighted by molar-refractivity contribution is 6.34. The molecule has 0 bridgehead atoms. The Balaban J connectivity index is 1.70. The maximum absolute atomic E-state index is 12.6. The molecule has 2 N–H and O–H groups in total. The quantitative estimate of drug-likeness (QED) is 0.832. The largest absolute Gasteiger partial charge is 0.476 e. The van der Waals surface area contributed by atoms with E-state index in [4.69, 9.17) is 16.7 Å². The molecular formula is C18H17ClN4O4. The van der Waals surface area contributed by atoms with Crippen LogP contribution in [-0.2, 0) is 0 Å². The van der Waals surface area contributed by atoms with Crippen molar-refractivity contribution in [1.29, 1.82) is 0 Å². The van der Waals surface area contributed by atoms with Gasteiger partial charge >= 0.3 is 5.97 Å². The van der Waals surface area contributed by atoms with Gasteiger partial charge in [-0.05, 0) is 37.5 Å². The molecule has 1 aliphatic rings. The summed E-state index contributed by atoms with van der Waals surface area (Å²) in [7, 11) is 0. The summed E-state index contributed by atoms with van der Waals surface area (Å²) >= 11 is 6.24. The summed E-state index contributed by atoms with van der Waals surface area (Å²) in [5, 5.41) is 11.6. The third-order valence-corrected chi connectivity index (χ3v) is 4.52. The minimum atomic E-state index is -1.23. The fraction of sp³-hybridized carbons (Fsp3) is 0.278. The number of hydrogen-bond acceptors (Lipinski definition) is 5. The van der Waals surface area contributed by atoms with E-state index in [-0.39, 0.29) is 22.3 Å². The van der Waals surface area contributed by atoms with Gasteiger partial charge in [-0.1, -0.05) is 11.6 Å². The number of rotatable bonds is 4. The van der Waals surface area contributed by atoms with Gasteiger partial charge in [-0.15, -0.1) is 0 Å². The van der Waals surface area contributed by atoms with Gasteiger partial charge in [0.15, 0.2) is 5.69 Å². The van der Waals surface area contributed by atoms with E-state index in [1.807, 2.05) is 0 Å². The Kier molecular flexibility index (Phi) is 5.66. The first-order chi connectivity index (χ1) is 13.0. The van der Waals surface area contributed by atoms with Crippen LogP contribution in [0.2, 0.25) is 5.02 Å². The molecule has 1 aromatic carbocycles. The van der Waals surface area contributed by atoms with Gasteiger partial charge in [-0.2, -0.15) is 0 Å². The van der Waals surface area contributed by atoms with Gasteiger partial charge in [0.2, 0.25) is 0 Å². The highest BCUT2D eigenvalue weighted by Crippen LogP contribution is 2.24. The summed E-state index contributed by atoms with van der Waals surface area (Å²) in [4.78, 5) is 44.7. The molecule has 2 heterocycles. The number of carbonyl (C=O) groups is 3. The fourth-order valence-electron chi connectivity index (χ4n) is 2.78. The standard InChI is InChI=1S/C18H17ClN4O4/c19-13-8-11(4-5-12(13)17(25)23-6-2-1-3-7-23)22-16(24)14-9-21-15(10-20-14)18(26)27/h4-5,8-10H,1-3,6-7H2,(H,22,24)(H,26,27). The number of piperidine rings is 1. The SMILES string of the molecule is O=C(O)c1cnc(C(=O)Nc2ccc(C(=O)N3CCCCC3)c(Cl)c2)cn1. The molecule has 0 aliphatic carbocycles. The first kappa shape index (κ1) is 18.8. The van der Waals surface area contributed by atoms with Crippen molar-refractivity contribution >= 4 is 35.1 Å². The zero-order valence-electron chi connectivity index (χ0n) is 14.3. The molecule has 2 amide bonds. The van der Waals surface area contributed by atoms with E-state index in [0.29, 0.717) is 11.3 Å². The van der Waals surface area contributed by atoms with E-state index < -0.39 is 11.9 Å². The van der Waals surface area contributed by atoms with Crippen LogP contribution in [0, 0.1) is 0 Å². The van der Waals surface area contributed by atoms with E-state index in [0.717, 1.165) is 44.7 Å². The molecule has 1 aliphatic heterocycles. The summed E-state index contributed by atoms with van der Waals surface area (Å²) in [5.41, 5.74) is 0.492. The fourth-order valence-corrected chi connectivity index (χ4v) is 3.05. The Morgan fingerprint density at radius 2 is 1.70 bits per heavy atom. The minimum Gasteiger partial charge on any atom is -0.476 e. The monoisotopic (exact) mass is 388 g/mol. The number of carboxylic acid groups (broad SMARTS) is 1. The number of aromatic nitrogens is 2. The predicted octanol–water partition coefficient (Wildman–Crippen LogP) is 2.71. The van der Waals surface area contributed by atoms with E-state index in [9.17, 15) is 14.4 Å². The zero-order chi connectivity index (χ0) is 19.4. The lowest BCUT2D eigenvalue weighted by Gasteiger charge is -2.27. The number of likely N-dealkylation sites (tertiary alicyclic amines) is 1. The average Bonchev–Trinajstić information content (AvgIpc) is 2.68. The number of halogens is 1. The molecule has 9 heteroatoms. The molecular weight excluding hydrogens is 372 g/mol. The first-order valence-electron chi connectivity index (χ1n) is 8.41. The van der Waals surface area contributed by atoms with Crippen molar-refractivity contribution in [3.05, 3.63) is 52.6 Å². The maximum Gasteiger partial charge on any atom is 0.356 e. The van der Waals surface area contributed by atoms with Crippen LogP contribution >= 0.6 is 11.6 Å². The number of benzene rings is 1. The van der Waals surface area contributed by atoms with Gasteiger partial charge in [0, 0.05) is 18.8 Å². The Morgan fingerprint density at radius 3 is 2.30 bits per heavy atom. The minimum absolute atomic E-state index is 0.0374. The number of nitrogens with zero attached hydrogens (tertiary/aromatic N) is 3. The van der Waals surface area contributed by atoms with Gasteiger partial charge in [0.05, 0.1) is 23.0 Å². The molecule has 3 rings (SSSR count). The molecule has 0 spiro atoms. The summed E-state index contributed by atoms with van der Waals surface area (Å²) in [5.74, 6) is -1.91. The van der Waals surface area contributed by atoms with E-state index in [2.05, 4.69) is 15.3 Å². The average molecular weight is 389 g/mol. The van der Waals surface area contributed by atoms with Crippen molar-refractivity contribution in [3.8, 4) is 0 Å². The van der Waals surface area contributed by atoms with Gasteiger partial charge in [0.25, 0.3) is 11.8 Å². The van der Waals surface area contributed by atoms with Gasteiger partial charge < -0.3 is 15.3 Å². The molecule has 0 unspecified atom stereocenters. The third kappa shape index (κ3) is 4.40. The molecule has 27 heavy (non-hydrogen) atoms. The Morgan fingerprint density at radius 1 is 1.04 bits per heavy atom. The molecule has 0 atom stereocenters. The number of nitrogens with one attached hydrogen (secondary N) is 1. The second-order valence-corrected chi connectivity index (χ2v) is 6.50. The molecule has 140 valence electrons. The Bertz CT molecular complexity index is 879. The molecule has 1 saturated heterocycles. The number of carboxylic acids is 1. The van der Waals surface area contributed by atoms with Crippen LogP contribution in [-0.4, -0.2) is 50.8 Å². The normalized spacial score (nSPS) is 13.9. The van der Waals surface area contributed by atoms with Gasteiger partial charge in [-0.25, -0.2) is 14.8 Å². The van der Waals surface area contributed by atoms with Crippen LogP contribution in [0.5, 0.6) is 0 Å². The van der Waals surface area contributed by atoms with E-state index in [1.54, 1.807) is 17.0 Å². The summed E-state index contributed by atoms with van der Waals surface area (Å²) in [6.45, 7) is 1.44. The number of amides is 2. The van der Waals surface area contributed by atoms with Crippen molar-refractivity contribution in [2.45, 2.75) is 19.3 Å². The predicted molar refractivity (Wildman–Crippen MR) is 98.2 cm³/mol. The molecule has 0 radical (unpaired) electrons. The van der Waals surface area contributed by atoms with E-state index >= 15 is 0 Å². The molecule has 1 aromatic heterocycles. The Hall–Kier alpha value is -3.00. The maximum atomic E-state index is 12.6. The lowest BCUT2D eigenvalue weighted by atomic mass is 10.1. The number of anilines is 1. The highest BCUT2D eigenvalue weighted by Gasteiger charge is 2.21. The van der Waals surface area contributed by atoms with Crippen LogP contribution < -0.4 is 5.32 Å². The second kappa shape index (κ2) is 8.13. The highest BCUT2D eigenvalue weighted by atomic mass is 35.5. The lowest BCUT2D eigenvalue weighted by Crippen LogP contribution is -2.35. The second-order valence-electron chi connectivity index (χ2n) is 6.09. The van der Waals surface area contributed by atoms with E-state index in [1.165, 1.54) is 6.07 Å². The zero-order valence-corrected chi connectivity index (χ0v) is 15.1. The number of aromatic carboxylic acids is 1. The van der Waals surface area contributed by atoms with Crippen LogP contribution in [0.15, 0.2) is 30.6 Å². The molecule has 2 aromatic rings. The molecule has 8 nitrogen and oxygen atoms in total. The number of carbonyl (C=O) groups excluding carboxylic acids is 2. The lowest BCUT2D eigenvalue weighted by molar-refractivity contribution is 0.0687. The van der Waals surface area contributed by atoms with Crippen LogP contribution in [0.25, 0.3) is 0 Å². The molecule has 0 saturated carbocycles. The number of hydrogen-bond donors (Lipinski definition) is 2. The topological polar surface area (TPSA) is 112 Å². The third-order valence-electron chi connectivity index (χ3n) is 4.20. The van der Waals surface area contributed by atoms with Crippen molar-refractivity contribution in [2.75, 3.05) is 18.4 Å². The summed E-state index contributed by atoms with van der Waals surface area (Å²) in [6.07, 6.45) is 5.18. The Labute approximate surface area is 160 Å².